The number of nitrogens with zero attached hydrogens (tertiary/aromatic N) is 1. The molecule has 24 heavy (non-hydrogen) atoms. The summed E-state index contributed by atoms with van der Waals surface area (Å²) in [7, 11) is 1.90. The number of amides is 1. The summed E-state index contributed by atoms with van der Waals surface area (Å²) in [6, 6.07) is 15.3. The van der Waals surface area contributed by atoms with E-state index in [9.17, 15) is 4.79 Å². The molecule has 1 atom stereocenters. The lowest BCUT2D eigenvalue weighted by atomic mass is 10.0. The van der Waals surface area contributed by atoms with Crippen molar-refractivity contribution < 1.29 is 14.6 Å². The first-order valence-corrected chi connectivity index (χ1v) is 8.11. The predicted octanol–water partition coefficient (Wildman–Crippen LogP) is 1.85. The van der Waals surface area contributed by atoms with Crippen molar-refractivity contribution in [2.45, 2.75) is 12.5 Å². The van der Waals surface area contributed by atoms with Crippen LogP contribution in [0, 0.1) is 0 Å². The molecule has 126 valence electrons. The third kappa shape index (κ3) is 3.68. The van der Waals surface area contributed by atoms with Gasteiger partial charge in [-0.05, 0) is 42.3 Å². The lowest BCUT2D eigenvalue weighted by Gasteiger charge is -2.26. The molecule has 2 aromatic carbocycles. The minimum atomic E-state index is -0.0978. The van der Waals surface area contributed by atoms with Crippen molar-refractivity contribution in [1.82, 2.24) is 5.32 Å². The second-order valence-corrected chi connectivity index (χ2v) is 5.99. The van der Waals surface area contributed by atoms with E-state index in [2.05, 4.69) is 5.32 Å². The van der Waals surface area contributed by atoms with Gasteiger partial charge in [0.25, 0.3) is 5.91 Å². The Morgan fingerprint density at radius 1 is 1.25 bits per heavy atom. The number of aliphatic hydroxyl groups excluding tert-OH is 1. The SMILES string of the molecule is CN(CCO)c1ccc(C(=O)N[C@@H]2COc3ccccc3C2)cc1. The van der Waals surface area contributed by atoms with E-state index in [-0.39, 0.29) is 18.6 Å². The number of hydrogen-bond donors (Lipinski definition) is 2. The second kappa shape index (κ2) is 7.36. The second-order valence-electron chi connectivity index (χ2n) is 5.99. The molecule has 0 bridgehead atoms. The minimum absolute atomic E-state index is 0.0239. The summed E-state index contributed by atoms with van der Waals surface area (Å²) in [6.45, 7) is 1.15. The van der Waals surface area contributed by atoms with Crippen LogP contribution in [0.4, 0.5) is 5.69 Å². The van der Waals surface area contributed by atoms with Gasteiger partial charge in [0.2, 0.25) is 0 Å². The van der Waals surface area contributed by atoms with Gasteiger partial charge in [0.15, 0.2) is 0 Å². The largest absolute Gasteiger partial charge is 0.491 e. The van der Waals surface area contributed by atoms with Gasteiger partial charge in [-0.1, -0.05) is 18.2 Å². The average Bonchev–Trinajstić information content (AvgIpc) is 2.62. The fourth-order valence-corrected chi connectivity index (χ4v) is 2.84. The number of hydrogen-bond acceptors (Lipinski definition) is 4. The summed E-state index contributed by atoms with van der Waals surface area (Å²) in [5.74, 6) is 0.804. The highest BCUT2D eigenvalue weighted by atomic mass is 16.5. The molecule has 1 amide bonds. The van der Waals surface area contributed by atoms with Crippen molar-refractivity contribution in [3.05, 3.63) is 59.7 Å². The van der Waals surface area contributed by atoms with E-state index in [0.29, 0.717) is 18.7 Å². The van der Waals surface area contributed by atoms with Crippen LogP contribution in [0.1, 0.15) is 15.9 Å². The summed E-state index contributed by atoms with van der Waals surface area (Å²) >= 11 is 0. The van der Waals surface area contributed by atoms with Gasteiger partial charge in [-0.2, -0.15) is 0 Å². The smallest absolute Gasteiger partial charge is 0.251 e. The van der Waals surface area contributed by atoms with Gasteiger partial charge in [-0.3, -0.25) is 4.79 Å². The van der Waals surface area contributed by atoms with Crippen molar-refractivity contribution >= 4 is 11.6 Å². The summed E-state index contributed by atoms with van der Waals surface area (Å²) in [5.41, 5.74) is 2.71. The van der Waals surface area contributed by atoms with Crippen molar-refractivity contribution in [1.29, 1.82) is 0 Å². The van der Waals surface area contributed by atoms with Gasteiger partial charge >= 0.3 is 0 Å². The van der Waals surface area contributed by atoms with E-state index in [4.69, 9.17) is 9.84 Å². The van der Waals surface area contributed by atoms with Crippen molar-refractivity contribution in [2.75, 3.05) is 31.7 Å². The number of ether oxygens (including phenoxy) is 1. The molecule has 5 nitrogen and oxygen atoms in total. The van der Waals surface area contributed by atoms with Crippen LogP contribution in [0.15, 0.2) is 48.5 Å². The van der Waals surface area contributed by atoms with Gasteiger partial charge in [-0.25, -0.2) is 0 Å². The van der Waals surface area contributed by atoms with Crippen LogP contribution in [0.2, 0.25) is 0 Å². The molecular formula is C19H22N2O3. The number of aliphatic hydroxyl groups is 1. The zero-order valence-corrected chi connectivity index (χ0v) is 13.7. The van der Waals surface area contributed by atoms with Crippen LogP contribution >= 0.6 is 0 Å². The summed E-state index contributed by atoms with van der Waals surface area (Å²) in [6.07, 6.45) is 0.777. The van der Waals surface area contributed by atoms with Gasteiger partial charge in [0, 0.05) is 24.8 Å². The summed E-state index contributed by atoms with van der Waals surface area (Å²) < 4.78 is 5.71. The van der Waals surface area contributed by atoms with Crippen molar-refractivity contribution in [2.24, 2.45) is 0 Å². The molecule has 0 radical (unpaired) electrons. The number of carbonyl (C=O) groups is 1. The fraction of sp³-hybridized carbons (Fsp3) is 0.316. The number of fused-ring (bicyclic) bond motifs is 1. The van der Waals surface area contributed by atoms with Gasteiger partial charge in [0.1, 0.15) is 12.4 Å². The van der Waals surface area contributed by atoms with E-state index >= 15 is 0 Å². The maximum Gasteiger partial charge on any atom is 0.251 e. The average molecular weight is 326 g/mol. The van der Waals surface area contributed by atoms with E-state index < -0.39 is 0 Å². The number of para-hydroxylation sites is 1. The Labute approximate surface area is 141 Å². The Hall–Kier alpha value is -2.53. The van der Waals surface area contributed by atoms with Crippen LogP contribution in [0.25, 0.3) is 0 Å². The number of carbonyl (C=O) groups excluding carboxylic acids is 1. The molecule has 0 fully saturated rings. The highest BCUT2D eigenvalue weighted by Crippen LogP contribution is 2.24. The maximum absolute atomic E-state index is 12.4. The van der Waals surface area contributed by atoms with Crippen LogP contribution in [-0.4, -0.2) is 43.9 Å². The number of benzene rings is 2. The quantitative estimate of drug-likeness (QED) is 0.880. The van der Waals surface area contributed by atoms with Gasteiger partial charge in [-0.15, -0.1) is 0 Å². The number of nitrogens with one attached hydrogen (secondary N) is 1. The number of anilines is 1. The van der Waals surface area contributed by atoms with Crippen LogP contribution in [0.5, 0.6) is 5.75 Å². The molecule has 5 heteroatoms. The third-order valence-corrected chi connectivity index (χ3v) is 4.22. The zero-order valence-electron chi connectivity index (χ0n) is 13.7. The van der Waals surface area contributed by atoms with Gasteiger partial charge < -0.3 is 20.1 Å². The Morgan fingerprint density at radius 3 is 2.75 bits per heavy atom. The maximum atomic E-state index is 12.4. The molecule has 3 rings (SSSR count). The highest BCUT2D eigenvalue weighted by Gasteiger charge is 2.21. The molecule has 2 aromatic rings. The first kappa shape index (κ1) is 16.3. The number of rotatable bonds is 5. The number of likely N-dealkylation sites (N-methyl/N-ethyl adjacent to an activating group) is 1. The van der Waals surface area contributed by atoms with Crippen LogP contribution in [-0.2, 0) is 6.42 Å². The van der Waals surface area contributed by atoms with Crippen molar-refractivity contribution in [3.63, 3.8) is 0 Å². The van der Waals surface area contributed by atoms with E-state index in [1.165, 1.54) is 0 Å². The Kier molecular flexibility index (Phi) is 5.01. The van der Waals surface area contributed by atoms with Crippen LogP contribution < -0.4 is 15.0 Å². The molecule has 0 unspecified atom stereocenters. The molecule has 1 aliphatic rings. The monoisotopic (exact) mass is 326 g/mol. The lowest BCUT2D eigenvalue weighted by molar-refractivity contribution is 0.0915. The van der Waals surface area contributed by atoms with Crippen molar-refractivity contribution in [3.8, 4) is 5.75 Å². The zero-order chi connectivity index (χ0) is 16.9. The lowest BCUT2D eigenvalue weighted by Crippen LogP contribution is -2.42. The fourth-order valence-electron chi connectivity index (χ4n) is 2.84. The third-order valence-electron chi connectivity index (χ3n) is 4.22. The first-order chi connectivity index (χ1) is 11.7. The van der Waals surface area contributed by atoms with E-state index in [1.54, 1.807) is 12.1 Å². The van der Waals surface area contributed by atoms with E-state index in [1.807, 2.05) is 48.3 Å². The standard InChI is InChI=1S/C19H22N2O3/c1-21(10-11-22)17-8-6-14(7-9-17)19(23)20-16-12-15-4-2-3-5-18(15)24-13-16/h2-9,16,22H,10-13H2,1H3,(H,20,23)/t16-/m0/s1. The molecule has 0 aromatic heterocycles. The summed E-state index contributed by atoms with van der Waals surface area (Å²) in [5, 5.41) is 12.0. The molecule has 0 spiro atoms. The topological polar surface area (TPSA) is 61.8 Å². The molecule has 0 saturated heterocycles. The molecular weight excluding hydrogens is 304 g/mol. The van der Waals surface area contributed by atoms with Crippen LogP contribution in [0.3, 0.4) is 0 Å². The normalized spacial score (nSPS) is 16.0. The predicted molar refractivity (Wildman–Crippen MR) is 93.7 cm³/mol. The first-order valence-electron chi connectivity index (χ1n) is 8.11. The Balaban J connectivity index is 1.61. The Morgan fingerprint density at radius 2 is 2.00 bits per heavy atom. The van der Waals surface area contributed by atoms with E-state index in [0.717, 1.165) is 23.4 Å². The molecule has 2 N–H and O–H groups in total. The highest BCUT2D eigenvalue weighted by molar-refractivity contribution is 5.94. The molecule has 0 saturated carbocycles. The minimum Gasteiger partial charge on any atom is -0.491 e. The molecule has 0 aliphatic carbocycles. The summed E-state index contributed by atoms with van der Waals surface area (Å²) in [4.78, 5) is 14.3. The Bertz CT molecular complexity index is 700. The molecule has 1 aliphatic heterocycles. The molecule has 1 heterocycles. The van der Waals surface area contributed by atoms with Gasteiger partial charge in [0.05, 0.1) is 12.6 Å².